The molecule has 0 aromatic heterocycles. The minimum Gasteiger partial charge on any atom is -0.462 e. The van der Waals surface area contributed by atoms with E-state index in [0.29, 0.717) is 11.8 Å². The molecule has 0 spiro atoms. The summed E-state index contributed by atoms with van der Waals surface area (Å²) >= 11 is 0. The Kier molecular flexibility index (Phi) is 3.47. The van der Waals surface area contributed by atoms with Gasteiger partial charge in [-0.15, -0.1) is 0 Å². The topological polar surface area (TPSA) is 50.7 Å². The van der Waals surface area contributed by atoms with Gasteiger partial charge in [-0.2, -0.15) is 5.10 Å². The third-order valence-corrected chi connectivity index (χ3v) is 4.27. The molecule has 2 bridgehead atoms. The second-order valence-corrected chi connectivity index (χ2v) is 5.86. The zero-order chi connectivity index (χ0) is 14.1. The Morgan fingerprint density at radius 1 is 1.30 bits per heavy atom. The molecule has 2 saturated carbocycles. The molecule has 0 aliphatic heterocycles. The number of nitrogens with one attached hydrogen (secondary N) is 1. The van der Waals surface area contributed by atoms with E-state index in [1.807, 2.05) is 12.1 Å². The fourth-order valence-corrected chi connectivity index (χ4v) is 3.27. The standard InChI is InChI=1S/C16H20N2O2/c1-10-3-5-14(6-4-10)17-18-15-8-13-7-12(15)9-16(13)20-11(2)19/h3-6,12-13,16-17H,7-9H2,1-2H3/b18-15+. The highest BCUT2D eigenvalue weighted by atomic mass is 16.5. The number of esters is 1. The molecule has 4 nitrogen and oxygen atoms in total. The van der Waals surface area contributed by atoms with E-state index in [9.17, 15) is 4.79 Å². The molecular formula is C16H20N2O2. The summed E-state index contributed by atoms with van der Waals surface area (Å²) in [5, 5.41) is 4.55. The van der Waals surface area contributed by atoms with Gasteiger partial charge in [-0.25, -0.2) is 0 Å². The SMILES string of the molecule is CC(=O)OC1CC2CC1C/C2=N\Nc1ccc(C)cc1. The van der Waals surface area contributed by atoms with E-state index in [0.717, 1.165) is 24.9 Å². The van der Waals surface area contributed by atoms with E-state index in [1.54, 1.807) is 0 Å². The lowest BCUT2D eigenvalue weighted by atomic mass is 9.96. The molecule has 0 saturated heterocycles. The van der Waals surface area contributed by atoms with Crippen LogP contribution in [0.1, 0.15) is 31.7 Å². The van der Waals surface area contributed by atoms with Crippen molar-refractivity contribution >= 4 is 17.4 Å². The van der Waals surface area contributed by atoms with E-state index >= 15 is 0 Å². The molecule has 2 fully saturated rings. The molecule has 1 aromatic rings. The number of ether oxygens (including phenoxy) is 1. The van der Waals surface area contributed by atoms with Gasteiger partial charge in [0.1, 0.15) is 6.10 Å². The summed E-state index contributed by atoms with van der Waals surface area (Å²) in [5.41, 5.74) is 6.61. The molecule has 3 atom stereocenters. The zero-order valence-corrected chi connectivity index (χ0v) is 11.9. The van der Waals surface area contributed by atoms with Crippen molar-refractivity contribution in [2.24, 2.45) is 16.9 Å². The molecule has 1 N–H and O–H groups in total. The van der Waals surface area contributed by atoms with Gasteiger partial charge in [-0.3, -0.25) is 10.2 Å². The van der Waals surface area contributed by atoms with Crippen molar-refractivity contribution in [3.05, 3.63) is 29.8 Å². The number of rotatable bonds is 3. The van der Waals surface area contributed by atoms with Gasteiger partial charge in [-0.05, 0) is 38.3 Å². The van der Waals surface area contributed by atoms with Crippen LogP contribution in [-0.4, -0.2) is 17.8 Å². The zero-order valence-electron chi connectivity index (χ0n) is 11.9. The number of hydrazone groups is 1. The van der Waals surface area contributed by atoms with Gasteiger partial charge in [0, 0.05) is 24.5 Å². The van der Waals surface area contributed by atoms with E-state index in [-0.39, 0.29) is 12.1 Å². The van der Waals surface area contributed by atoms with E-state index in [4.69, 9.17) is 4.74 Å². The van der Waals surface area contributed by atoms with Gasteiger partial charge in [0.2, 0.25) is 0 Å². The maximum absolute atomic E-state index is 11.0. The highest BCUT2D eigenvalue weighted by molar-refractivity contribution is 5.90. The summed E-state index contributed by atoms with van der Waals surface area (Å²) < 4.78 is 5.36. The number of nitrogens with zero attached hydrogens (tertiary/aromatic N) is 1. The number of benzene rings is 1. The van der Waals surface area contributed by atoms with Crippen LogP contribution in [0.3, 0.4) is 0 Å². The molecular weight excluding hydrogens is 252 g/mol. The molecule has 4 heteroatoms. The Morgan fingerprint density at radius 3 is 2.65 bits per heavy atom. The average molecular weight is 272 g/mol. The number of anilines is 1. The Labute approximate surface area is 119 Å². The maximum atomic E-state index is 11.0. The smallest absolute Gasteiger partial charge is 0.302 e. The van der Waals surface area contributed by atoms with Crippen molar-refractivity contribution in [1.82, 2.24) is 0 Å². The lowest BCUT2D eigenvalue weighted by Crippen LogP contribution is -2.26. The Morgan fingerprint density at radius 2 is 2.05 bits per heavy atom. The predicted octanol–water partition coefficient (Wildman–Crippen LogP) is 3.12. The maximum Gasteiger partial charge on any atom is 0.302 e. The number of hydrogen-bond donors (Lipinski definition) is 1. The summed E-state index contributed by atoms with van der Waals surface area (Å²) in [6.45, 7) is 3.56. The minimum atomic E-state index is -0.168. The van der Waals surface area contributed by atoms with Crippen LogP contribution in [0.5, 0.6) is 0 Å². The van der Waals surface area contributed by atoms with Crippen LogP contribution in [0.4, 0.5) is 5.69 Å². The molecule has 3 unspecified atom stereocenters. The summed E-state index contributed by atoms with van der Waals surface area (Å²) in [7, 11) is 0. The average Bonchev–Trinajstić information content (AvgIpc) is 2.97. The first-order valence-corrected chi connectivity index (χ1v) is 7.18. The van der Waals surface area contributed by atoms with E-state index in [2.05, 4.69) is 29.6 Å². The Hall–Kier alpha value is -1.84. The Balaban J connectivity index is 1.60. The lowest BCUT2D eigenvalue weighted by molar-refractivity contribution is -0.148. The molecule has 0 radical (unpaired) electrons. The fourth-order valence-electron chi connectivity index (χ4n) is 3.27. The largest absolute Gasteiger partial charge is 0.462 e. The van der Waals surface area contributed by atoms with Gasteiger partial charge in [0.05, 0.1) is 5.69 Å². The van der Waals surface area contributed by atoms with Crippen LogP contribution in [0.2, 0.25) is 0 Å². The van der Waals surface area contributed by atoms with Crippen molar-refractivity contribution in [2.45, 2.75) is 39.2 Å². The second-order valence-electron chi connectivity index (χ2n) is 5.86. The van der Waals surface area contributed by atoms with Crippen LogP contribution in [0.15, 0.2) is 29.4 Å². The van der Waals surface area contributed by atoms with Gasteiger partial charge in [0.15, 0.2) is 0 Å². The van der Waals surface area contributed by atoms with Crippen LogP contribution in [0.25, 0.3) is 0 Å². The highest BCUT2D eigenvalue weighted by Gasteiger charge is 2.45. The summed E-state index contributed by atoms with van der Waals surface area (Å²) in [6, 6.07) is 8.21. The van der Waals surface area contributed by atoms with Gasteiger partial charge < -0.3 is 4.74 Å². The van der Waals surface area contributed by atoms with Crippen molar-refractivity contribution in [3.63, 3.8) is 0 Å². The summed E-state index contributed by atoms with van der Waals surface area (Å²) in [6.07, 6.45) is 3.09. The predicted molar refractivity (Wildman–Crippen MR) is 78.6 cm³/mol. The monoisotopic (exact) mass is 272 g/mol. The minimum absolute atomic E-state index is 0.107. The second kappa shape index (κ2) is 5.27. The van der Waals surface area contributed by atoms with Gasteiger partial charge >= 0.3 is 5.97 Å². The molecule has 0 heterocycles. The number of hydrogen-bond acceptors (Lipinski definition) is 4. The molecule has 1 aromatic carbocycles. The number of aryl methyl sites for hydroxylation is 1. The molecule has 2 aliphatic rings. The first-order chi connectivity index (χ1) is 9.61. The van der Waals surface area contributed by atoms with Crippen molar-refractivity contribution in [1.29, 1.82) is 0 Å². The molecule has 106 valence electrons. The molecule has 3 rings (SSSR count). The molecule has 0 amide bonds. The summed E-state index contributed by atoms with van der Waals surface area (Å²) in [5.74, 6) is 0.767. The number of carbonyl (C=O) groups is 1. The van der Waals surface area contributed by atoms with E-state index < -0.39 is 0 Å². The Bertz CT molecular complexity index is 536. The van der Waals surface area contributed by atoms with Crippen LogP contribution in [-0.2, 0) is 9.53 Å². The third kappa shape index (κ3) is 2.69. The van der Waals surface area contributed by atoms with Gasteiger partial charge in [0.25, 0.3) is 0 Å². The molecule has 20 heavy (non-hydrogen) atoms. The third-order valence-electron chi connectivity index (χ3n) is 4.27. The first kappa shape index (κ1) is 13.2. The number of fused-ring (bicyclic) bond motifs is 2. The van der Waals surface area contributed by atoms with E-state index in [1.165, 1.54) is 18.2 Å². The van der Waals surface area contributed by atoms with Gasteiger partial charge in [-0.1, -0.05) is 17.7 Å². The van der Waals surface area contributed by atoms with Crippen molar-refractivity contribution < 1.29 is 9.53 Å². The quantitative estimate of drug-likeness (QED) is 0.679. The first-order valence-electron chi connectivity index (χ1n) is 7.18. The van der Waals surface area contributed by atoms with Crippen molar-refractivity contribution in [3.8, 4) is 0 Å². The number of carbonyl (C=O) groups excluding carboxylic acids is 1. The highest BCUT2D eigenvalue weighted by Crippen LogP contribution is 2.44. The van der Waals surface area contributed by atoms with Crippen LogP contribution >= 0.6 is 0 Å². The normalized spacial score (nSPS) is 29.7. The van der Waals surface area contributed by atoms with Crippen molar-refractivity contribution in [2.75, 3.05) is 5.43 Å². The van der Waals surface area contributed by atoms with Crippen LogP contribution < -0.4 is 5.43 Å². The lowest BCUT2D eigenvalue weighted by Gasteiger charge is -2.22. The van der Waals surface area contributed by atoms with Crippen LogP contribution in [0, 0.1) is 18.8 Å². The summed E-state index contributed by atoms with van der Waals surface area (Å²) in [4.78, 5) is 11.0. The molecule has 2 aliphatic carbocycles. The fraction of sp³-hybridized carbons (Fsp3) is 0.500.